The van der Waals surface area contributed by atoms with Crippen molar-refractivity contribution >= 4 is 5.91 Å². The molecule has 1 atom stereocenters. The van der Waals surface area contributed by atoms with E-state index in [4.69, 9.17) is 4.52 Å². The molecule has 2 heterocycles. The summed E-state index contributed by atoms with van der Waals surface area (Å²) in [6.07, 6.45) is 10.9. The molecule has 1 aromatic rings. The maximum atomic E-state index is 12.6. The minimum atomic E-state index is 0.310. The SMILES string of the molecule is Cc1nc(CN(C)[C@H]2CCCN(C(=O)CC3=CCCCC3)CC2)no1. The van der Waals surface area contributed by atoms with Gasteiger partial charge in [-0.15, -0.1) is 0 Å². The summed E-state index contributed by atoms with van der Waals surface area (Å²) in [5, 5.41) is 3.98. The smallest absolute Gasteiger partial charge is 0.226 e. The van der Waals surface area contributed by atoms with E-state index in [1.165, 1.54) is 18.4 Å². The van der Waals surface area contributed by atoms with E-state index >= 15 is 0 Å². The molecule has 1 amide bonds. The lowest BCUT2D eigenvalue weighted by molar-refractivity contribution is -0.130. The van der Waals surface area contributed by atoms with Crippen LogP contribution < -0.4 is 0 Å². The van der Waals surface area contributed by atoms with Crippen LogP contribution in [0.25, 0.3) is 0 Å². The Hall–Kier alpha value is -1.69. The maximum absolute atomic E-state index is 12.6. The van der Waals surface area contributed by atoms with Gasteiger partial charge in [-0.3, -0.25) is 9.69 Å². The summed E-state index contributed by atoms with van der Waals surface area (Å²) in [6.45, 7) is 4.25. The van der Waals surface area contributed by atoms with Crippen LogP contribution in [0.3, 0.4) is 0 Å². The lowest BCUT2D eigenvalue weighted by Crippen LogP contribution is -2.35. The van der Waals surface area contributed by atoms with Crippen LogP contribution in [0.1, 0.15) is 63.1 Å². The van der Waals surface area contributed by atoms with E-state index in [1.807, 2.05) is 6.92 Å². The molecule has 0 unspecified atom stereocenters. The largest absolute Gasteiger partial charge is 0.342 e. The van der Waals surface area contributed by atoms with Crippen LogP contribution in [0, 0.1) is 6.92 Å². The van der Waals surface area contributed by atoms with E-state index in [0.717, 1.165) is 51.0 Å². The number of allylic oxidation sites excluding steroid dienone is 1. The Morgan fingerprint density at radius 1 is 1.32 bits per heavy atom. The second-order valence-corrected chi connectivity index (χ2v) is 7.40. The summed E-state index contributed by atoms with van der Waals surface area (Å²) in [5.74, 6) is 1.66. The van der Waals surface area contributed by atoms with E-state index in [2.05, 4.69) is 33.1 Å². The van der Waals surface area contributed by atoms with Crippen LogP contribution in [0.5, 0.6) is 0 Å². The third-order valence-electron chi connectivity index (χ3n) is 5.40. The van der Waals surface area contributed by atoms with Crippen molar-refractivity contribution in [2.75, 3.05) is 20.1 Å². The van der Waals surface area contributed by atoms with Crippen LogP contribution in [0.15, 0.2) is 16.2 Å². The number of amides is 1. The van der Waals surface area contributed by atoms with Crippen molar-refractivity contribution in [1.29, 1.82) is 0 Å². The Morgan fingerprint density at radius 2 is 2.20 bits per heavy atom. The van der Waals surface area contributed by atoms with Crippen molar-refractivity contribution in [3.05, 3.63) is 23.4 Å². The van der Waals surface area contributed by atoms with Crippen molar-refractivity contribution in [2.24, 2.45) is 0 Å². The molecule has 2 aliphatic rings. The van der Waals surface area contributed by atoms with Gasteiger partial charge in [0.1, 0.15) is 0 Å². The number of carbonyl (C=O) groups excluding carboxylic acids is 1. The average Bonchev–Trinajstić information content (AvgIpc) is 2.86. The van der Waals surface area contributed by atoms with E-state index in [1.54, 1.807) is 0 Å². The molecule has 1 saturated heterocycles. The van der Waals surface area contributed by atoms with Crippen molar-refractivity contribution < 1.29 is 9.32 Å². The highest BCUT2D eigenvalue weighted by molar-refractivity contribution is 5.78. The molecule has 6 nitrogen and oxygen atoms in total. The molecule has 1 aromatic heterocycles. The zero-order valence-corrected chi connectivity index (χ0v) is 15.5. The van der Waals surface area contributed by atoms with Gasteiger partial charge in [-0.1, -0.05) is 16.8 Å². The molecule has 1 aliphatic carbocycles. The van der Waals surface area contributed by atoms with Gasteiger partial charge in [0.15, 0.2) is 5.82 Å². The van der Waals surface area contributed by atoms with Gasteiger partial charge in [-0.2, -0.15) is 4.98 Å². The quantitative estimate of drug-likeness (QED) is 0.767. The highest BCUT2D eigenvalue weighted by Gasteiger charge is 2.24. The topological polar surface area (TPSA) is 62.5 Å². The summed E-state index contributed by atoms with van der Waals surface area (Å²) in [7, 11) is 2.11. The average molecular weight is 346 g/mol. The fourth-order valence-electron chi connectivity index (χ4n) is 3.90. The normalized spacial score (nSPS) is 22.0. The summed E-state index contributed by atoms with van der Waals surface area (Å²) >= 11 is 0. The molecule has 0 N–H and O–H groups in total. The van der Waals surface area contributed by atoms with E-state index in [9.17, 15) is 4.79 Å². The third kappa shape index (κ3) is 5.14. The lowest BCUT2D eigenvalue weighted by atomic mass is 9.97. The van der Waals surface area contributed by atoms with Crippen molar-refractivity contribution in [2.45, 2.75) is 70.9 Å². The molecule has 0 bridgehead atoms. The van der Waals surface area contributed by atoms with E-state index in [-0.39, 0.29) is 0 Å². The van der Waals surface area contributed by atoms with Gasteiger partial charge in [0.05, 0.1) is 6.54 Å². The molecule has 1 aliphatic heterocycles. The fourth-order valence-corrected chi connectivity index (χ4v) is 3.90. The first-order valence-electron chi connectivity index (χ1n) is 9.57. The van der Waals surface area contributed by atoms with Gasteiger partial charge in [-0.25, -0.2) is 0 Å². The van der Waals surface area contributed by atoms with Gasteiger partial charge < -0.3 is 9.42 Å². The van der Waals surface area contributed by atoms with Crippen molar-refractivity contribution in [3.8, 4) is 0 Å². The van der Waals surface area contributed by atoms with Gasteiger partial charge in [0.2, 0.25) is 11.8 Å². The standard InChI is InChI=1S/C19H30N4O2/c1-15-20-18(21-25-15)14-22(2)17-9-6-11-23(12-10-17)19(24)13-16-7-4-3-5-8-16/h7,17H,3-6,8-14H2,1-2H3/t17-/m0/s1. The first kappa shape index (κ1) is 18.1. The number of nitrogens with zero attached hydrogens (tertiary/aromatic N) is 4. The number of rotatable bonds is 5. The highest BCUT2D eigenvalue weighted by atomic mass is 16.5. The summed E-state index contributed by atoms with van der Waals surface area (Å²) in [5.41, 5.74) is 1.35. The summed E-state index contributed by atoms with van der Waals surface area (Å²) < 4.78 is 5.05. The van der Waals surface area contributed by atoms with Crippen molar-refractivity contribution in [1.82, 2.24) is 19.9 Å². The van der Waals surface area contributed by atoms with Crippen LogP contribution in [0.4, 0.5) is 0 Å². The Labute approximate surface area is 150 Å². The molecular formula is C19H30N4O2. The molecule has 0 radical (unpaired) electrons. The second-order valence-electron chi connectivity index (χ2n) is 7.40. The second kappa shape index (κ2) is 8.61. The zero-order chi connectivity index (χ0) is 17.6. The molecular weight excluding hydrogens is 316 g/mol. The molecule has 138 valence electrons. The molecule has 1 fully saturated rings. The number of likely N-dealkylation sites (tertiary alicyclic amines) is 1. The lowest BCUT2D eigenvalue weighted by Gasteiger charge is -2.26. The molecule has 3 rings (SSSR count). The monoisotopic (exact) mass is 346 g/mol. The number of carbonyl (C=O) groups is 1. The first-order chi connectivity index (χ1) is 12.1. The van der Waals surface area contributed by atoms with Crippen LogP contribution in [-0.4, -0.2) is 52.0 Å². The number of hydrogen-bond donors (Lipinski definition) is 0. The van der Waals surface area contributed by atoms with Gasteiger partial charge in [0, 0.05) is 32.5 Å². The number of aryl methyl sites for hydroxylation is 1. The van der Waals surface area contributed by atoms with Gasteiger partial charge >= 0.3 is 0 Å². The minimum Gasteiger partial charge on any atom is -0.342 e. The molecule has 6 heteroatoms. The Bertz CT molecular complexity index is 610. The van der Waals surface area contributed by atoms with E-state index in [0.29, 0.717) is 30.8 Å². The Morgan fingerprint density at radius 3 is 2.92 bits per heavy atom. The predicted molar refractivity (Wildman–Crippen MR) is 95.9 cm³/mol. The van der Waals surface area contributed by atoms with Crippen LogP contribution in [-0.2, 0) is 11.3 Å². The molecule has 0 aromatic carbocycles. The van der Waals surface area contributed by atoms with Crippen LogP contribution >= 0.6 is 0 Å². The number of aromatic nitrogens is 2. The Kier molecular flexibility index (Phi) is 6.24. The molecule has 25 heavy (non-hydrogen) atoms. The zero-order valence-electron chi connectivity index (χ0n) is 15.5. The summed E-state index contributed by atoms with van der Waals surface area (Å²) in [6, 6.07) is 0.463. The van der Waals surface area contributed by atoms with Crippen LogP contribution in [0.2, 0.25) is 0 Å². The maximum Gasteiger partial charge on any atom is 0.226 e. The third-order valence-corrected chi connectivity index (χ3v) is 5.40. The number of hydrogen-bond acceptors (Lipinski definition) is 5. The summed E-state index contributed by atoms with van der Waals surface area (Å²) in [4.78, 5) is 21.3. The highest BCUT2D eigenvalue weighted by Crippen LogP contribution is 2.23. The minimum absolute atomic E-state index is 0.310. The fraction of sp³-hybridized carbons (Fsp3) is 0.737. The van der Waals surface area contributed by atoms with Crippen molar-refractivity contribution in [3.63, 3.8) is 0 Å². The van der Waals surface area contributed by atoms with E-state index < -0.39 is 0 Å². The molecule has 0 spiro atoms. The van der Waals surface area contributed by atoms with Gasteiger partial charge in [-0.05, 0) is 52.0 Å². The molecule has 0 saturated carbocycles. The van der Waals surface area contributed by atoms with Gasteiger partial charge in [0.25, 0.3) is 0 Å². The first-order valence-corrected chi connectivity index (χ1v) is 9.57. The predicted octanol–water partition coefficient (Wildman–Crippen LogP) is 3.08. The Balaban J connectivity index is 1.49.